The minimum atomic E-state index is 0.450. The van der Waals surface area contributed by atoms with E-state index >= 15 is 0 Å². The molecule has 2 bridgehead atoms. The highest BCUT2D eigenvalue weighted by Crippen LogP contribution is 2.45. The molecule has 2 aromatic heterocycles. The molecule has 19 heavy (non-hydrogen) atoms. The molecule has 1 N–H and O–H groups in total. The van der Waals surface area contributed by atoms with Crippen LogP contribution in [0.3, 0.4) is 0 Å². The van der Waals surface area contributed by atoms with E-state index in [4.69, 9.17) is 11.6 Å². The van der Waals surface area contributed by atoms with Gasteiger partial charge in [0.15, 0.2) is 17.0 Å². The van der Waals surface area contributed by atoms with Gasteiger partial charge >= 0.3 is 0 Å². The van der Waals surface area contributed by atoms with Crippen molar-refractivity contribution in [2.45, 2.75) is 31.7 Å². The summed E-state index contributed by atoms with van der Waals surface area (Å²) in [6.07, 6.45) is 6.96. The maximum absolute atomic E-state index is 6.06. The Morgan fingerprint density at radius 2 is 2.21 bits per heavy atom. The number of aryl methyl sites for hydroxylation is 1. The quantitative estimate of drug-likeness (QED) is 0.858. The number of imidazole rings is 1. The van der Waals surface area contributed by atoms with Crippen LogP contribution in [0.5, 0.6) is 0 Å². The lowest BCUT2D eigenvalue weighted by Gasteiger charge is -2.23. The van der Waals surface area contributed by atoms with Crippen LogP contribution in [0.15, 0.2) is 6.33 Å². The molecule has 0 aromatic carbocycles. The largest absolute Gasteiger partial charge is 0.365 e. The van der Waals surface area contributed by atoms with Gasteiger partial charge < -0.3 is 9.88 Å². The van der Waals surface area contributed by atoms with Gasteiger partial charge in [-0.1, -0.05) is 6.42 Å². The summed E-state index contributed by atoms with van der Waals surface area (Å²) in [5.74, 6) is 2.53. The van der Waals surface area contributed by atoms with Gasteiger partial charge in [-0.05, 0) is 42.7 Å². The van der Waals surface area contributed by atoms with Crippen molar-refractivity contribution in [3.05, 3.63) is 11.6 Å². The van der Waals surface area contributed by atoms with E-state index < -0.39 is 0 Å². The standard InChI is InChI=1S/C13H16ClN5/c1-19-12-10(18-13(19)14)11(15-6-16-12)17-9-5-7-2-3-8(9)4-7/h6-9H,2-5H2,1H3,(H,15,16,17). The van der Waals surface area contributed by atoms with Crippen LogP contribution in [-0.4, -0.2) is 25.6 Å². The normalized spacial score (nSPS) is 29.3. The van der Waals surface area contributed by atoms with Crippen LogP contribution in [0, 0.1) is 11.8 Å². The Kier molecular flexibility index (Phi) is 2.45. The first-order valence-corrected chi connectivity index (χ1v) is 7.19. The average Bonchev–Trinajstić information content (AvgIpc) is 3.08. The smallest absolute Gasteiger partial charge is 0.204 e. The lowest BCUT2D eigenvalue weighted by molar-refractivity contribution is 0.439. The van der Waals surface area contributed by atoms with Crippen molar-refractivity contribution < 1.29 is 0 Å². The molecule has 0 spiro atoms. The molecule has 3 unspecified atom stereocenters. The Morgan fingerprint density at radius 1 is 1.32 bits per heavy atom. The fourth-order valence-corrected chi connectivity index (χ4v) is 3.84. The molecule has 4 rings (SSSR count). The third kappa shape index (κ3) is 1.71. The molecule has 2 aromatic rings. The van der Waals surface area contributed by atoms with E-state index in [9.17, 15) is 0 Å². The molecule has 6 heteroatoms. The fraction of sp³-hybridized carbons (Fsp3) is 0.615. The van der Waals surface area contributed by atoms with Gasteiger partial charge in [0.2, 0.25) is 5.28 Å². The number of nitrogens with zero attached hydrogens (tertiary/aromatic N) is 4. The second kappa shape index (κ2) is 4.07. The van der Waals surface area contributed by atoms with E-state index in [1.165, 1.54) is 25.7 Å². The molecule has 0 amide bonds. The highest BCUT2D eigenvalue weighted by Gasteiger charge is 2.39. The summed E-state index contributed by atoms with van der Waals surface area (Å²) in [5.41, 5.74) is 1.56. The number of aromatic nitrogens is 4. The summed E-state index contributed by atoms with van der Waals surface area (Å²) in [4.78, 5) is 13.0. The number of hydrogen-bond donors (Lipinski definition) is 1. The molecule has 3 atom stereocenters. The molecule has 0 radical (unpaired) electrons. The molecule has 100 valence electrons. The number of hydrogen-bond acceptors (Lipinski definition) is 4. The van der Waals surface area contributed by atoms with Crippen LogP contribution in [0.4, 0.5) is 5.82 Å². The maximum atomic E-state index is 6.06. The first-order chi connectivity index (χ1) is 9.22. The van der Waals surface area contributed by atoms with Crippen molar-refractivity contribution >= 4 is 28.6 Å². The highest BCUT2D eigenvalue weighted by atomic mass is 35.5. The van der Waals surface area contributed by atoms with Gasteiger partial charge in [0.25, 0.3) is 0 Å². The van der Waals surface area contributed by atoms with E-state index in [1.54, 1.807) is 10.9 Å². The zero-order valence-electron chi connectivity index (χ0n) is 10.8. The molecule has 2 saturated carbocycles. The Hall–Kier alpha value is -1.36. The molecular formula is C13H16ClN5. The highest BCUT2D eigenvalue weighted by molar-refractivity contribution is 6.29. The third-order valence-corrected chi connectivity index (χ3v) is 5.00. The predicted molar refractivity (Wildman–Crippen MR) is 74.2 cm³/mol. The van der Waals surface area contributed by atoms with Gasteiger partial charge in [-0.15, -0.1) is 0 Å². The number of anilines is 1. The van der Waals surface area contributed by atoms with Crippen molar-refractivity contribution in [1.82, 2.24) is 19.5 Å². The minimum Gasteiger partial charge on any atom is -0.365 e. The number of nitrogens with one attached hydrogen (secondary N) is 1. The van der Waals surface area contributed by atoms with Gasteiger partial charge in [-0.25, -0.2) is 15.0 Å². The predicted octanol–water partition coefficient (Wildman–Crippen LogP) is 2.62. The summed E-state index contributed by atoms with van der Waals surface area (Å²) in [7, 11) is 1.87. The molecule has 5 nitrogen and oxygen atoms in total. The molecule has 2 fully saturated rings. The van der Waals surface area contributed by atoms with Crippen molar-refractivity contribution in [2.24, 2.45) is 18.9 Å². The molecule has 0 saturated heterocycles. The fourth-order valence-electron chi connectivity index (χ4n) is 3.68. The Labute approximate surface area is 116 Å². The van der Waals surface area contributed by atoms with Gasteiger partial charge in [-0.2, -0.15) is 0 Å². The lowest BCUT2D eigenvalue weighted by atomic mass is 9.95. The third-order valence-electron chi connectivity index (χ3n) is 4.66. The van der Waals surface area contributed by atoms with Gasteiger partial charge in [0.1, 0.15) is 6.33 Å². The van der Waals surface area contributed by atoms with Crippen molar-refractivity contribution in [3.63, 3.8) is 0 Å². The van der Waals surface area contributed by atoms with Crippen LogP contribution in [0.2, 0.25) is 5.28 Å². The first-order valence-electron chi connectivity index (χ1n) is 6.82. The number of rotatable bonds is 2. The zero-order valence-corrected chi connectivity index (χ0v) is 11.6. The minimum absolute atomic E-state index is 0.450. The first kappa shape index (κ1) is 11.5. The van der Waals surface area contributed by atoms with Crippen molar-refractivity contribution in [3.8, 4) is 0 Å². The van der Waals surface area contributed by atoms with E-state index in [0.29, 0.717) is 11.3 Å². The summed E-state index contributed by atoms with van der Waals surface area (Å²) in [5, 5.41) is 4.02. The Morgan fingerprint density at radius 3 is 2.95 bits per heavy atom. The van der Waals surface area contributed by atoms with Gasteiger partial charge in [0.05, 0.1) is 0 Å². The molecule has 2 aliphatic rings. The van der Waals surface area contributed by atoms with Crippen molar-refractivity contribution in [1.29, 1.82) is 0 Å². The lowest BCUT2D eigenvalue weighted by Crippen LogP contribution is -2.26. The maximum Gasteiger partial charge on any atom is 0.204 e. The van der Waals surface area contributed by atoms with E-state index in [2.05, 4.69) is 20.3 Å². The van der Waals surface area contributed by atoms with E-state index in [1.807, 2.05) is 7.05 Å². The van der Waals surface area contributed by atoms with Crippen LogP contribution >= 0.6 is 11.6 Å². The second-order valence-electron chi connectivity index (χ2n) is 5.76. The number of halogens is 1. The molecule has 0 aliphatic heterocycles. The number of fused-ring (bicyclic) bond motifs is 3. The van der Waals surface area contributed by atoms with E-state index in [0.717, 1.165) is 28.8 Å². The van der Waals surface area contributed by atoms with Crippen LogP contribution in [0.1, 0.15) is 25.7 Å². The zero-order chi connectivity index (χ0) is 13.0. The van der Waals surface area contributed by atoms with Gasteiger partial charge in [0, 0.05) is 13.1 Å². The van der Waals surface area contributed by atoms with Crippen LogP contribution in [-0.2, 0) is 7.05 Å². The summed E-state index contributed by atoms with van der Waals surface area (Å²) >= 11 is 6.06. The Bertz CT molecular complexity index is 637. The topological polar surface area (TPSA) is 55.6 Å². The molecule has 2 heterocycles. The van der Waals surface area contributed by atoms with E-state index in [-0.39, 0.29) is 0 Å². The van der Waals surface area contributed by atoms with Crippen molar-refractivity contribution in [2.75, 3.05) is 5.32 Å². The summed E-state index contributed by atoms with van der Waals surface area (Å²) in [6, 6.07) is 0.539. The van der Waals surface area contributed by atoms with Crippen LogP contribution in [0.25, 0.3) is 11.2 Å². The molecule has 2 aliphatic carbocycles. The monoisotopic (exact) mass is 277 g/mol. The summed E-state index contributed by atoms with van der Waals surface area (Å²) < 4.78 is 1.78. The van der Waals surface area contributed by atoms with Crippen LogP contribution < -0.4 is 5.32 Å². The summed E-state index contributed by atoms with van der Waals surface area (Å²) in [6.45, 7) is 0. The SMILES string of the molecule is Cn1c(Cl)nc2c(NC3CC4CCC3C4)ncnc21. The molecular weight excluding hydrogens is 262 g/mol. The Balaban J connectivity index is 1.69. The average molecular weight is 278 g/mol. The second-order valence-corrected chi connectivity index (χ2v) is 6.10. The van der Waals surface area contributed by atoms with Gasteiger partial charge in [-0.3, -0.25) is 0 Å².